The summed E-state index contributed by atoms with van der Waals surface area (Å²) in [4.78, 5) is 0. The maximum Gasteiger partial charge on any atom is 0.140 e. The van der Waals surface area contributed by atoms with Crippen molar-refractivity contribution in [2.45, 2.75) is 38.6 Å². The Morgan fingerprint density at radius 1 is 1.62 bits per heavy atom. The summed E-state index contributed by atoms with van der Waals surface area (Å²) in [6, 6.07) is 0.640. The Hall–Kier alpha value is -0.770. The van der Waals surface area contributed by atoms with Gasteiger partial charge >= 0.3 is 0 Å². The fraction of sp³-hybridized carbons (Fsp3) is 0.889. The second kappa shape index (κ2) is 5.07. The zero-order valence-corrected chi connectivity index (χ0v) is 8.16. The molecule has 1 rings (SSSR count). The van der Waals surface area contributed by atoms with Gasteiger partial charge in [-0.25, -0.2) is 0 Å². The van der Waals surface area contributed by atoms with Gasteiger partial charge in [-0.2, -0.15) is 0 Å². The van der Waals surface area contributed by atoms with E-state index in [2.05, 4.69) is 17.4 Å². The molecule has 2 unspecified atom stereocenters. The molecular formula is C9H19N3O. The predicted molar refractivity (Wildman–Crippen MR) is 52.8 cm³/mol. The lowest BCUT2D eigenvalue weighted by molar-refractivity contribution is 0.316. The van der Waals surface area contributed by atoms with Gasteiger partial charge in [0.2, 0.25) is 0 Å². The van der Waals surface area contributed by atoms with Gasteiger partial charge in [0, 0.05) is 19.0 Å². The number of hydrogen-bond acceptors (Lipinski definition) is 3. The van der Waals surface area contributed by atoms with Gasteiger partial charge in [-0.05, 0) is 25.2 Å². The monoisotopic (exact) mass is 185 g/mol. The lowest BCUT2D eigenvalue weighted by Gasteiger charge is -2.11. The van der Waals surface area contributed by atoms with Crippen molar-refractivity contribution in [1.82, 2.24) is 5.32 Å². The maximum atomic E-state index is 8.30. The fourth-order valence-electron chi connectivity index (χ4n) is 1.85. The van der Waals surface area contributed by atoms with Crippen LogP contribution in [0.2, 0.25) is 0 Å². The van der Waals surface area contributed by atoms with Crippen LogP contribution in [0.15, 0.2) is 5.16 Å². The summed E-state index contributed by atoms with van der Waals surface area (Å²) >= 11 is 0. The molecule has 1 fully saturated rings. The first-order valence-electron chi connectivity index (χ1n) is 4.92. The Morgan fingerprint density at radius 3 is 2.92 bits per heavy atom. The number of nitrogens with one attached hydrogen (secondary N) is 1. The number of amidine groups is 1. The average molecular weight is 185 g/mol. The van der Waals surface area contributed by atoms with Gasteiger partial charge in [-0.1, -0.05) is 12.1 Å². The van der Waals surface area contributed by atoms with Gasteiger partial charge in [0.1, 0.15) is 5.84 Å². The number of hydrogen-bond donors (Lipinski definition) is 3. The van der Waals surface area contributed by atoms with Crippen molar-refractivity contribution >= 4 is 5.84 Å². The largest absolute Gasteiger partial charge is 0.409 e. The summed E-state index contributed by atoms with van der Waals surface area (Å²) in [7, 11) is 0. The molecule has 4 nitrogen and oxygen atoms in total. The van der Waals surface area contributed by atoms with Gasteiger partial charge < -0.3 is 16.3 Å². The van der Waals surface area contributed by atoms with E-state index >= 15 is 0 Å². The molecule has 0 aliphatic heterocycles. The molecule has 76 valence electrons. The van der Waals surface area contributed by atoms with Crippen molar-refractivity contribution in [3.8, 4) is 0 Å². The quantitative estimate of drug-likeness (QED) is 0.264. The first-order chi connectivity index (χ1) is 6.22. The Labute approximate surface area is 79.2 Å². The summed E-state index contributed by atoms with van der Waals surface area (Å²) in [6.45, 7) is 3.10. The van der Waals surface area contributed by atoms with E-state index < -0.39 is 0 Å². The fourth-order valence-corrected chi connectivity index (χ4v) is 1.85. The van der Waals surface area contributed by atoms with Crippen molar-refractivity contribution < 1.29 is 5.21 Å². The second-order valence-corrected chi connectivity index (χ2v) is 3.91. The van der Waals surface area contributed by atoms with Crippen LogP contribution in [-0.4, -0.2) is 23.6 Å². The lowest BCUT2D eigenvalue weighted by atomic mass is 10.1. The topological polar surface area (TPSA) is 70.6 Å². The number of oxime groups is 1. The zero-order chi connectivity index (χ0) is 9.68. The van der Waals surface area contributed by atoms with E-state index in [1.165, 1.54) is 19.3 Å². The molecule has 0 aromatic heterocycles. The molecular weight excluding hydrogens is 166 g/mol. The van der Waals surface area contributed by atoms with Gasteiger partial charge in [0.15, 0.2) is 0 Å². The molecule has 1 aliphatic carbocycles. The van der Waals surface area contributed by atoms with Gasteiger partial charge in [-0.3, -0.25) is 0 Å². The number of rotatable bonds is 4. The standard InChI is InChI=1S/C9H19N3O/c1-7-2-3-8(6-7)11-5-4-9(10)12-13/h7-8,11,13H,2-6H2,1H3,(H2,10,12). The minimum atomic E-state index is 0.304. The molecule has 4 heteroatoms. The van der Waals surface area contributed by atoms with Crippen LogP contribution in [0.25, 0.3) is 0 Å². The highest BCUT2D eigenvalue weighted by Crippen LogP contribution is 2.24. The first-order valence-corrected chi connectivity index (χ1v) is 4.92. The van der Waals surface area contributed by atoms with Gasteiger partial charge in [-0.15, -0.1) is 0 Å². The minimum Gasteiger partial charge on any atom is -0.409 e. The van der Waals surface area contributed by atoms with E-state index in [0.717, 1.165) is 12.5 Å². The summed E-state index contributed by atoms with van der Waals surface area (Å²) in [5.74, 6) is 1.15. The first kappa shape index (κ1) is 10.3. The molecule has 0 aromatic carbocycles. The van der Waals surface area contributed by atoms with Crippen LogP contribution in [0, 0.1) is 5.92 Å². The van der Waals surface area contributed by atoms with Crippen molar-refractivity contribution in [1.29, 1.82) is 0 Å². The Kier molecular flexibility index (Phi) is 4.02. The third-order valence-electron chi connectivity index (χ3n) is 2.64. The van der Waals surface area contributed by atoms with E-state index in [0.29, 0.717) is 18.3 Å². The molecule has 1 aliphatic rings. The van der Waals surface area contributed by atoms with E-state index in [9.17, 15) is 0 Å². The SMILES string of the molecule is CC1CCC(NCCC(N)=NO)C1. The minimum absolute atomic E-state index is 0.304. The van der Waals surface area contributed by atoms with Crippen LogP contribution >= 0.6 is 0 Å². The van der Waals surface area contributed by atoms with E-state index in [4.69, 9.17) is 10.9 Å². The van der Waals surface area contributed by atoms with Crippen LogP contribution in [0.3, 0.4) is 0 Å². The molecule has 0 bridgehead atoms. The third-order valence-corrected chi connectivity index (χ3v) is 2.64. The highest BCUT2D eigenvalue weighted by atomic mass is 16.4. The molecule has 0 radical (unpaired) electrons. The molecule has 0 amide bonds. The van der Waals surface area contributed by atoms with Crippen molar-refractivity contribution in [2.24, 2.45) is 16.8 Å². The molecule has 4 N–H and O–H groups in total. The van der Waals surface area contributed by atoms with Crippen LogP contribution < -0.4 is 11.1 Å². The average Bonchev–Trinajstić information content (AvgIpc) is 2.51. The van der Waals surface area contributed by atoms with E-state index in [-0.39, 0.29) is 0 Å². The highest BCUT2D eigenvalue weighted by Gasteiger charge is 2.20. The normalized spacial score (nSPS) is 29.5. The van der Waals surface area contributed by atoms with Crippen LogP contribution in [0.4, 0.5) is 0 Å². The van der Waals surface area contributed by atoms with Crippen molar-refractivity contribution in [3.63, 3.8) is 0 Å². The third kappa shape index (κ3) is 3.63. The molecule has 0 aromatic rings. The Balaban J connectivity index is 2.06. The maximum absolute atomic E-state index is 8.30. The summed E-state index contributed by atoms with van der Waals surface area (Å²) in [6.07, 6.45) is 4.47. The molecule has 2 atom stereocenters. The van der Waals surface area contributed by atoms with Gasteiger partial charge in [0.25, 0.3) is 0 Å². The van der Waals surface area contributed by atoms with Crippen molar-refractivity contribution in [2.75, 3.05) is 6.54 Å². The predicted octanol–water partition coefficient (Wildman–Crippen LogP) is 0.901. The number of nitrogens with two attached hydrogens (primary N) is 1. The number of nitrogens with zero attached hydrogens (tertiary/aromatic N) is 1. The Bertz CT molecular complexity index is 182. The van der Waals surface area contributed by atoms with Gasteiger partial charge in [0.05, 0.1) is 0 Å². The summed E-state index contributed by atoms with van der Waals surface area (Å²) < 4.78 is 0. The summed E-state index contributed by atoms with van der Waals surface area (Å²) in [5.41, 5.74) is 5.35. The molecule has 13 heavy (non-hydrogen) atoms. The van der Waals surface area contributed by atoms with Crippen LogP contribution in [-0.2, 0) is 0 Å². The van der Waals surface area contributed by atoms with Crippen LogP contribution in [0.1, 0.15) is 32.6 Å². The molecule has 0 saturated heterocycles. The Morgan fingerprint density at radius 2 is 2.38 bits per heavy atom. The molecule has 0 heterocycles. The van der Waals surface area contributed by atoms with E-state index in [1.54, 1.807) is 0 Å². The second-order valence-electron chi connectivity index (χ2n) is 3.91. The summed E-state index contributed by atoms with van der Waals surface area (Å²) in [5, 5.41) is 14.6. The van der Waals surface area contributed by atoms with Crippen molar-refractivity contribution in [3.05, 3.63) is 0 Å². The highest BCUT2D eigenvalue weighted by molar-refractivity contribution is 5.79. The lowest BCUT2D eigenvalue weighted by Crippen LogP contribution is -2.30. The van der Waals surface area contributed by atoms with Crippen LogP contribution in [0.5, 0.6) is 0 Å². The zero-order valence-electron chi connectivity index (χ0n) is 8.16. The smallest absolute Gasteiger partial charge is 0.140 e. The molecule has 1 saturated carbocycles. The van der Waals surface area contributed by atoms with E-state index in [1.807, 2.05) is 0 Å². The molecule has 0 spiro atoms.